The summed E-state index contributed by atoms with van der Waals surface area (Å²) in [5, 5.41) is 9.02. The van der Waals surface area contributed by atoms with Crippen LogP contribution in [-0.4, -0.2) is 26.7 Å². The lowest BCUT2D eigenvalue weighted by atomic mass is 10.3. The van der Waals surface area contributed by atoms with E-state index in [9.17, 15) is 9.70 Å². The van der Waals surface area contributed by atoms with Gasteiger partial charge in [0.1, 0.15) is 11.6 Å². The monoisotopic (exact) mass is 388 g/mol. The van der Waals surface area contributed by atoms with Crippen LogP contribution in [0.15, 0.2) is 41.7 Å². The minimum atomic E-state index is -0.319. The largest absolute Gasteiger partial charge is 0.324 e. The van der Waals surface area contributed by atoms with Crippen molar-refractivity contribution < 1.29 is 4.79 Å². The van der Waals surface area contributed by atoms with E-state index in [0.29, 0.717) is 28.1 Å². The van der Waals surface area contributed by atoms with Gasteiger partial charge in [-0.05, 0) is 36.4 Å². The van der Waals surface area contributed by atoms with Crippen molar-refractivity contribution >= 4 is 51.3 Å². The van der Waals surface area contributed by atoms with Gasteiger partial charge in [0.15, 0.2) is 5.13 Å². The number of rotatable bonds is 6. The lowest BCUT2D eigenvalue weighted by Gasteiger charge is -2.06. The van der Waals surface area contributed by atoms with Gasteiger partial charge in [-0.25, -0.2) is 15.0 Å². The Morgan fingerprint density at radius 1 is 1.31 bits per heavy atom. The zero-order valence-electron chi connectivity index (χ0n) is 13.6. The van der Waals surface area contributed by atoms with Crippen LogP contribution in [0.2, 0.25) is 0 Å². The standard InChI is InChI=1S/C16H13ClN6O2S/c1-9-14(26-16(19-9)22-13(24)8-17)12-5-6-18-15(21-12)20-10-3-2-4-11(7-10)23-25/h2-7H,8H2,1H3,(H,18,20,21)(H,19,22,24). The van der Waals surface area contributed by atoms with Crippen molar-refractivity contribution in [2.75, 3.05) is 16.5 Å². The summed E-state index contributed by atoms with van der Waals surface area (Å²) in [7, 11) is 0. The van der Waals surface area contributed by atoms with Crippen molar-refractivity contribution in [3.63, 3.8) is 0 Å². The first-order valence-corrected chi connectivity index (χ1v) is 8.81. The Kier molecular flexibility index (Phi) is 5.49. The van der Waals surface area contributed by atoms with Crippen LogP contribution < -0.4 is 10.6 Å². The van der Waals surface area contributed by atoms with E-state index < -0.39 is 0 Å². The number of hydrogen-bond acceptors (Lipinski definition) is 8. The Morgan fingerprint density at radius 3 is 2.92 bits per heavy atom. The smallest absolute Gasteiger partial charge is 0.241 e. The molecule has 0 fully saturated rings. The van der Waals surface area contributed by atoms with E-state index in [-0.39, 0.29) is 11.8 Å². The van der Waals surface area contributed by atoms with Crippen molar-refractivity contribution in [2.24, 2.45) is 5.18 Å². The highest BCUT2D eigenvalue weighted by Crippen LogP contribution is 2.32. The molecule has 0 atom stereocenters. The van der Waals surface area contributed by atoms with Gasteiger partial charge in [-0.2, -0.15) is 0 Å². The molecule has 0 bridgehead atoms. The average Bonchev–Trinajstić information content (AvgIpc) is 3.02. The Morgan fingerprint density at radius 2 is 2.15 bits per heavy atom. The molecule has 1 amide bonds. The van der Waals surface area contributed by atoms with Crippen LogP contribution in [0.1, 0.15) is 5.69 Å². The number of aromatic nitrogens is 3. The van der Waals surface area contributed by atoms with Crippen molar-refractivity contribution in [3.8, 4) is 10.6 Å². The second-order valence-corrected chi connectivity index (χ2v) is 6.41. The predicted octanol–water partition coefficient (Wildman–Crippen LogP) is 4.23. The van der Waals surface area contributed by atoms with Gasteiger partial charge >= 0.3 is 0 Å². The number of nitrogens with one attached hydrogen (secondary N) is 2. The number of carbonyl (C=O) groups is 1. The number of thiazole rings is 1. The number of halogens is 1. The molecule has 0 aliphatic carbocycles. The van der Waals surface area contributed by atoms with Gasteiger partial charge in [0.05, 0.1) is 16.3 Å². The van der Waals surface area contributed by atoms with Crippen molar-refractivity contribution in [2.45, 2.75) is 6.92 Å². The third-order valence-electron chi connectivity index (χ3n) is 3.26. The highest BCUT2D eigenvalue weighted by molar-refractivity contribution is 7.19. The molecule has 10 heteroatoms. The lowest BCUT2D eigenvalue weighted by Crippen LogP contribution is -2.12. The number of anilines is 3. The summed E-state index contributed by atoms with van der Waals surface area (Å²) in [6.45, 7) is 1.83. The maximum Gasteiger partial charge on any atom is 0.241 e. The summed E-state index contributed by atoms with van der Waals surface area (Å²) in [6.07, 6.45) is 1.61. The molecule has 132 valence electrons. The molecule has 3 rings (SSSR count). The molecule has 2 aromatic heterocycles. The topological polar surface area (TPSA) is 109 Å². The fourth-order valence-electron chi connectivity index (χ4n) is 2.16. The minimum absolute atomic E-state index is 0.135. The first-order chi connectivity index (χ1) is 12.6. The molecule has 2 heterocycles. The molecule has 0 saturated carbocycles. The number of nitroso groups, excluding NO2 is 1. The molecule has 0 aliphatic heterocycles. The van der Waals surface area contributed by atoms with Crippen LogP contribution in [0, 0.1) is 11.8 Å². The minimum Gasteiger partial charge on any atom is -0.324 e. The predicted molar refractivity (Wildman–Crippen MR) is 102 cm³/mol. The molecular formula is C16H13ClN6O2S. The molecule has 2 N–H and O–H groups in total. The van der Waals surface area contributed by atoms with Gasteiger partial charge in [0, 0.05) is 11.9 Å². The zero-order chi connectivity index (χ0) is 18.5. The highest BCUT2D eigenvalue weighted by Gasteiger charge is 2.13. The summed E-state index contributed by atoms with van der Waals surface area (Å²) in [5.74, 6) is -0.0880. The third kappa shape index (κ3) is 4.19. The first-order valence-electron chi connectivity index (χ1n) is 7.46. The van der Waals surface area contributed by atoms with Gasteiger partial charge in [-0.15, -0.1) is 16.5 Å². The summed E-state index contributed by atoms with van der Waals surface area (Å²) in [5.41, 5.74) is 2.35. The van der Waals surface area contributed by atoms with Crippen molar-refractivity contribution in [1.29, 1.82) is 0 Å². The highest BCUT2D eigenvalue weighted by atomic mass is 35.5. The molecule has 0 aliphatic rings. The average molecular weight is 389 g/mol. The summed E-state index contributed by atoms with van der Waals surface area (Å²) >= 11 is 6.80. The maximum absolute atomic E-state index is 11.4. The van der Waals surface area contributed by atoms with Gasteiger partial charge < -0.3 is 10.6 Å². The Hall–Kier alpha value is -2.91. The molecule has 1 aromatic carbocycles. The van der Waals surface area contributed by atoms with Gasteiger partial charge in [0.2, 0.25) is 11.9 Å². The van der Waals surface area contributed by atoms with Crippen LogP contribution in [0.25, 0.3) is 10.6 Å². The number of nitrogens with zero attached hydrogens (tertiary/aromatic N) is 4. The van der Waals surface area contributed by atoms with E-state index >= 15 is 0 Å². The SMILES string of the molecule is Cc1nc(NC(=O)CCl)sc1-c1ccnc(Nc2cccc(N=O)c2)n1. The van der Waals surface area contributed by atoms with Crippen LogP contribution in [0.3, 0.4) is 0 Å². The number of aryl methyl sites for hydroxylation is 1. The van der Waals surface area contributed by atoms with Gasteiger partial charge in [-0.1, -0.05) is 17.4 Å². The summed E-state index contributed by atoms with van der Waals surface area (Å²) in [6, 6.07) is 8.44. The molecule has 3 aromatic rings. The van der Waals surface area contributed by atoms with E-state index in [0.717, 1.165) is 10.6 Å². The number of amides is 1. The third-order valence-corrected chi connectivity index (χ3v) is 4.60. The number of hydrogen-bond donors (Lipinski definition) is 2. The van der Waals surface area contributed by atoms with Crippen LogP contribution >= 0.6 is 22.9 Å². The van der Waals surface area contributed by atoms with E-state index in [1.807, 2.05) is 6.92 Å². The Labute approximate surface area is 157 Å². The molecular weight excluding hydrogens is 376 g/mol. The summed E-state index contributed by atoms with van der Waals surface area (Å²) < 4.78 is 0. The van der Waals surface area contributed by atoms with E-state index in [1.54, 1.807) is 36.5 Å². The second kappa shape index (κ2) is 7.98. The molecule has 26 heavy (non-hydrogen) atoms. The lowest BCUT2D eigenvalue weighted by molar-refractivity contribution is -0.113. The Balaban J connectivity index is 1.85. The van der Waals surface area contributed by atoms with E-state index in [4.69, 9.17) is 11.6 Å². The quantitative estimate of drug-likeness (QED) is 0.483. The number of alkyl halides is 1. The molecule has 0 unspecified atom stereocenters. The van der Waals surface area contributed by atoms with Gasteiger partial charge in [0.25, 0.3) is 0 Å². The van der Waals surface area contributed by atoms with Crippen LogP contribution in [-0.2, 0) is 4.79 Å². The van der Waals surface area contributed by atoms with Gasteiger partial charge in [-0.3, -0.25) is 4.79 Å². The second-order valence-electron chi connectivity index (χ2n) is 5.15. The molecule has 8 nitrogen and oxygen atoms in total. The zero-order valence-corrected chi connectivity index (χ0v) is 15.1. The first kappa shape index (κ1) is 17.9. The van der Waals surface area contributed by atoms with E-state index in [2.05, 4.69) is 30.8 Å². The Bertz CT molecular complexity index is 961. The van der Waals surface area contributed by atoms with Crippen LogP contribution in [0.4, 0.5) is 22.5 Å². The van der Waals surface area contributed by atoms with Crippen molar-refractivity contribution in [3.05, 3.63) is 47.1 Å². The fraction of sp³-hybridized carbons (Fsp3) is 0.125. The molecule has 0 saturated heterocycles. The fourth-order valence-corrected chi connectivity index (χ4v) is 3.17. The number of carbonyl (C=O) groups excluding carboxylic acids is 1. The van der Waals surface area contributed by atoms with Crippen molar-refractivity contribution in [1.82, 2.24) is 15.0 Å². The normalized spacial score (nSPS) is 10.4. The number of benzene rings is 1. The van der Waals surface area contributed by atoms with E-state index in [1.165, 1.54) is 11.3 Å². The maximum atomic E-state index is 11.4. The van der Waals surface area contributed by atoms with Crippen LogP contribution in [0.5, 0.6) is 0 Å². The molecule has 0 radical (unpaired) electrons. The summed E-state index contributed by atoms with van der Waals surface area (Å²) in [4.78, 5) is 35.8. The molecule has 0 spiro atoms.